The number of nitrogens with zero attached hydrogens (tertiary/aromatic N) is 2. The number of guanidine groups is 1. The third kappa shape index (κ3) is 3.13. The molecule has 1 amide bonds. The number of hydrogen-bond donors (Lipinski definition) is 1. The monoisotopic (exact) mass is 419 g/mol. The normalized spacial score (nSPS) is 23.9. The molecule has 0 saturated heterocycles. The molecule has 0 spiro atoms. The van der Waals surface area contributed by atoms with Gasteiger partial charge < -0.3 is 5.73 Å². The van der Waals surface area contributed by atoms with Crippen LogP contribution in [-0.4, -0.2) is 23.8 Å². The Bertz CT molecular complexity index is 827. The van der Waals surface area contributed by atoms with Crippen molar-refractivity contribution in [3.05, 3.63) is 56.2 Å². The average molecular weight is 420 g/mol. The number of amides is 1. The van der Waals surface area contributed by atoms with Gasteiger partial charge in [0.15, 0.2) is 5.96 Å². The van der Waals surface area contributed by atoms with Gasteiger partial charge in [0.2, 0.25) is 5.91 Å². The zero-order valence-corrected chi connectivity index (χ0v) is 17.2. The Morgan fingerprint density at radius 2 is 1.96 bits per heavy atom. The maximum atomic E-state index is 13.1. The molecule has 1 aliphatic rings. The van der Waals surface area contributed by atoms with Gasteiger partial charge in [0, 0.05) is 21.8 Å². The van der Waals surface area contributed by atoms with Crippen molar-refractivity contribution in [2.75, 3.05) is 7.05 Å². The maximum Gasteiger partial charge on any atom is 0.239 e. The fourth-order valence-electron chi connectivity index (χ4n) is 3.24. The second-order valence-corrected chi connectivity index (χ2v) is 8.73. The number of carbonyl (C=O) groups excluding carboxylic acids is 1. The Morgan fingerprint density at radius 1 is 1.32 bits per heavy atom. The molecular formula is C19H22BrN3OS. The van der Waals surface area contributed by atoms with E-state index in [4.69, 9.17) is 10.7 Å². The Morgan fingerprint density at radius 3 is 2.48 bits per heavy atom. The molecule has 0 saturated carbocycles. The van der Waals surface area contributed by atoms with E-state index < -0.39 is 11.5 Å². The fraction of sp³-hybridized carbons (Fsp3) is 0.368. The summed E-state index contributed by atoms with van der Waals surface area (Å²) < 4.78 is 0.989. The predicted octanol–water partition coefficient (Wildman–Crippen LogP) is 4.42. The van der Waals surface area contributed by atoms with Gasteiger partial charge in [0.1, 0.15) is 5.54 Å². The smallest absolute Gasteiger partial charge is 0.239 e. The van der Waals surface area contributed by atoms with Gasteiger partial charge in [0.25, 0.3) is 0 Å². The van der Waals surface area contributed by atoms with E-state index in [2.05, 4.69) is 41.9 Å². The van der Waals surface area contributed by atoms with Crippen molar-refractivity contribution in [2.24, 2.45) is 10.7 Å². The molecule has 2 N–H and O–H groups in total. The molecule has 1 aromatic carbocycles. The quantitative estimate of drug-likeness (QED) is 0.799. The SMILES string of the molecule is CC(C)c1ccc(C2C(=O)N(C)C(N)=NC2(C)c2cc(Br)cs2)cc1. The zero-order chi connectivity index (χ0) is 18.4. The standard InChI is InChI=1S/C19H22BrN3OS/c1-11(2)12-5-7-13(8-6-12)16-17(24)23(4)18(21)22-19(16,3)15-9-14(20)10-25-15/h5-11,16H,1-4H3,(H2,21,22). The van der Waals surface area contributed by atoms with Gasteiger partial charge in [-0.2, -0.15) is 0 Å². The molecule has 0 bridgehead atoms. The molecule has 0 fully saturated rings. The summed E-state index contributed by atoms with van der Waals surface area (Å²) in [6.45, 7) is 6.31. The van der Waals surface area contributed by atoms with Crippen molar-refractivity contribution < 1.29 is 4.79 Å². The summed E-state index contributed by atoms with van der Waals surface area (Å²) >= 11 is 5.09. The third-order valence-corrected chi connectivity index (χ3v) is 6.75. The van der Waals surface area contributed by atoms with Gasteiger partial charge in [-0.25, -0.2) is 4.99 Å². The molecule has 1 aromatic heterocycles. The van der Waals surface area contributed by atoms with Crippen LogP contribution in [0.3, 0.4) is 0 Å². The molecule has 2 heterocycles. The molecule has 25 heavy (non-hydrogen) atoms. The summed E-state index contributed by atoms with van der Waals surface area (Å²) in [4.78, 5) is 20.3. The number of likely N-dealkylation sites (N-methyl/N-ethyl adjacent to an activating group) is 1. The predicted molar refractivity (Wildman–Crippen MR) is 107 cm³/mol. The highest BCUT2D eigenvalue weighted by Crippen LogP contribution is 2.46. The number of halogens is 1. The minimum absolute atomic E-state index is 0.0307. The molecule has 2 aromatic rings. The lowest BCUT2D eigenvalue weighted by molar-refractivity contribution is -0.130. The van der Waals surface area contributed by atoms with Gasteiger partial charge in [-0.1, -0.05) is 38.1 Å². The lowest BCUT2D eigenvalue weighted by Crippen LogP contribution is -2.52. The van der Waals surface area contributed by atoms with Crippen molar-refractivity contribution in [2.45, 2.75) is 38.1 Å². The van der Waals surface area contributed by atoms with E-state index in [-0.39, 0.29) is 11.9 Å². The van der Waals surface area contributed by atoms with Crippen LogP contribution in [0.2, 0.25) is 0 Å². The number of nitrogens with two attached hydrogens (primary N) is 1. The molecule has 1 aliphatic heterocycles. The highest BCUT2D eigenvalue weighted by Gasteiger charge is 2.47. The minimum Gasteiger partial charge on any atom is -0.369 e. The van der Waals surface area contributed by atoms with Crippen molar-refractivity contribution >= 4 is 39.1 Å². The molecular weight excluding hydrogens is 398 g/mol. The fourth-order valence-corrected chi connectivity index (χ4v) is 4.81. The van der Waals surface area contributed by atoms with Crippen molar-refractivity contribution in [1.29, 1.82) is 0 Å². The highest BCUT2D eigenvalue weighted by atomic mass is 79.9. The van der Waals surface area contributed by atoms with Crippen LogP contribution in [0.25, 0.3) is 0 Å². The number of aliphatic imine (C=N–C) groups is 1. The summed E-state index contributed by atoms with van der Waals surface area (Å²) in [5, 5.41) is 2.01. The van der Waals surface area contributed by atoms with Gasteiger partial charge in [0.05, 0.1) is 5.92 Å². The van der Waals surface area contributed by atoms with Crippen LogP contribution in [0.1, 0.15) is 48.6 Å². The van der Waals surface area contributed by atoms with E-state index in [1.807, 2.05) is 30.5 Å². The average Bonchev–Trinajstić information content (AvgIpc) is 3.00. The van der Waals surface area contributed by atoms with Gasteiger partial charge in [-0.3, -0.25) is 9.69 Å². The third-order valence-electron chi connectivity index (χ3n) is 4.83. The van der Waals surface area contributed by atoms with Gasteiger partial charge in [-0.15, -0.1) is 11.3 Å². The summed E-state index contributed by atoms with van der Waals surface area (Å²) in [6, 6.07) is 10.3. The zero-order valence-electron chi connectivity index (χ0n) is 14.8. The largest absolute Gasteiger partial charge is 0.369 e. The van der Waals surface area contributed by atoms with Gasteiger partial charge >= 0.3 is 0 Å². The molecule has 2 unspecified atom stereocenters. The summed E-state index contributed by atoms with van der Waals surface area (Å²) in [5.41, 5.74) is 7.54. The van der Waals surface area contributed by atoms with E-state index >= 15 is 0 Å². The lowest BCUT2D eigenvalue weighted by atomic mass is 9.77. The van der Waals surface area contributed by atoms with E-state index in [9.17, 15) is 4.79 Å². The van der Waals surface area contributed by atoms with Crippen molar-refractivity contribution in [3.8, 4) is 0 Å². The molecule has 2 atom stereocenters. The highest BCUT2D eigenvalue weighted by molar-refractivity contribution is 9.10. The first-order valence-corrected chi connectivity index (χ1v) is 9.88. The topological polar surface area (TPSA) is 58.7 Å². The van der Waals surface area contributed by atoms with E-state index in [1.165, 1.54) is 10.5 Å². The Kier molecular flexibility index (Phi) is 4.77. The number of benzene rings is 1. The van der Waals surface area contributed by atoms with Crippen LogP contribution in [0.15, 0.2) is 45.2 Å². The lowest BCUT2D eigenvalue weighted by Gasteiger charge is -2.40. The van der Waals surface area contributed by atoms with E-state index in [1.54, 1.807) is 18.4 Å². The molecule has 6 heteroatoms. The van der Waals surface area contributed by atoms with Gasteiger partial charge in [-0.05, 0) is 46.0 Å². The summed E-state index contributed by atoms with van der Waals surface area (Å²) in [7, 11) is 1.68. The van der Waals surface area contributed by atoms with Crippen molar-refractivity contribution in [1.82, 2.24) is 4.90 Å². The van der Waals surface area contributed by atoms with Crippen LogP contribution < -0.4 is 5.73 Å². The van der Waals surface area contributed by atoms with Crippen LogP contribution in [-0.2, 0) is 10.3 Å². The summed E-state index contributed by atoms with van der Waals surface area (Å²) in [5.74, 6) is 0.271. The Balaban J connectivity index is 2.14. The molecule has 0 radical (unpaired) electrons. The molecule has 0 aliphatic carbocycles. The number of hydrogen-bond acceptors (Lipinski definition) is 4. The maximum absolute atomic E-state index is 13.1. The number of rotatable bonds is 3. The van der Waals surface area contributed by atoms with Crippen LogP contribution in [0.5, 0.6) is 0 Å². The Hall–Kier alpha value is -1.66. The number of carbonyl (C=O) groups is 1. The molecule has 3 rings (SSSR count). The number of thiophene rings is 1. The minimum atomic E-state index is -0.719. The van der Waals surface area contributed by atoms with Crippen molar-refractivity contribution in [3.63, 3.8) is 0 Å². The van der Waals surface area contributed by atoms with E-state index in [0.29, 0.717) is 5.92 Å². The van der Waals surface area contributed by atoms with Crippen LogP contribution >= 0.6 is 27.3 Å². The van der Waals surface area contributed by atoms with Crippen LogP contribution in [0, 0.1) is 0 Å². The first kappa shape index (κ1) is 18.1. The second-order valence-electron chi connectivity index (χ2n) is 6.90. The molecule has 132 valence electrons. The summed E-state index contributed by atoms with van der Waals surface area (Å²) in [6.07, 6.45) is 0. The first-order chi connectivity index (χ1) is 11.7. The Labute approximate surface area is 160 Å². The molecule has 4 nitrogen and oxygen atoms in total. The van der Waals surface area contributed by atoms with Crippen LogP contribution in [0.4, 0.5) is 0 Å². The second kappa shape index (κ2) is 6.57. The van der Waals surface area contributed by atoms with E-state index in [0.717, 1.165) is 14.9 Å². The first-order valence-electron chi connectivity index (χ1n) is 8.21.